The molecule has 0 saturated heterocycles. The van der Waals surface area contributed by atoms with Crippen molar-refractivity contribution in [3.05, 3.63) is 58.6 Å². The zero-order valence-electron chi connectivity index (χ0n) is 12.4. The van der Waals surface area contributed by atoms with E-state index in [4.69, 9.17) is 16.3 Å². The van der Waals surface area contributed by atoms with Gasteiger partial charge in [0, 0.05) is 11.7 Å². The van der Waals surface area contributed by atoms with E-state index in [0.717, 1.165) is 5.69 Å². The summed E-state index contributed by atoms with van der Waals surface area (Å²) in [4.78, 5) is 0. The van der Waals surface area contributed by atoms with Gasteiger partial charge in [-0.25, -0.2) is 0 Å². The van der Waals surface area contributed by atoms with Gasteiger partial charge in [-0.3, -0.25) is 0 Å². The lowest BCUT2D eigenvalue weighted by atomic mass is 9.75. The van der Waals surface area contributed by atoms with Crippen LogP contribution in [0.2, 0.25) is 5.02 Å². The molecule has 3 rings (SSSR count). The smallest absolute Gasteiger partial charge is 0.137 e. The van der Waals surface area contributed by atoms with Gasteiger partial charge in [-0.05, 0) is 49.4 Å². The minimum atomic E-state index is 0.528. The highest BCUT2D eigenvalue weighted by atomic mass is 35.5. The molecule has 2 aromatic rings. The van der Waals surface area contributed by atoms with E-state index in [1.807, 2.05) is 18.2 Å². The van der Waals surface area contributed by atoms with Gasteiger partial charge >= 0.3 is 0 Å². The maximum absolute atomic E-state index is 6.15. The summed E-state index contributed by atoms with van der Waals surface area (Å²) in [5.74, 6) is 1.39. The summed E-state index contributed by atoms with van der Waals surface area (Å²) in [5, 5.41) is 4.19. The normalized spacial score (nSPS) is 20.7. The van der Waals surface area contributed by atoms with Gasteiger partial charge in [0.05, 0.1) is 12.1 Å². The molecule has 2 aromatic carbocycles. The molecular formula is C18H20ClNO. The summed E-state index contributed by atoms with van der Waals surface area (Å²) in [5.41, 5.74) is 3.86. The molecule has 110 valence electrons. The summed E-state index contributed by atoms with van der Waals surface area (Å²) >= 11 is 6.15. The highest BCUT2D eigenvalue weighted by Crippen LogP contribution is 2.39. The van der Waals surface area contributed by atoms with Gasteiger partial charge in [-0.15, -0.1) is 0 Å². The van der Waals surface area contributed by atoms with Crippen molar-refractivity contribution in [2.45, 2.75) is 31.7 Å². The third-order valence-electron chi connectivity index (χ3n) is 4.17. The number of aryl methyl sites for hydroxylation is 1. The number of anilines is 1. The lowest BCUT2D eigenvalue weighted by molar-refractivity contribution is 0.374. The Morgan fingerprint density at radius 1 is 1.14 bits per heavy atom. The van der Waals surface area contributed by atoms with Crippen molar-refractivity contribution in [2.24, 2.45) is 0 Å². The quantitative estimate of drug-likeness (QED) is 0.856. The molecule has 0 atom stereocenters. The largest absolute Gasteiger partial charge is 0.495 e. The van der Waals surface area contributed by atoms with Gasteiger partial charge in [-0.2, -0.15) is 0 Å². The van der Waals surface area contributed by atoms with Crippen molar-refractivity contribution in [3.8, 4) is 5.75 Å². The zero-order valence-corrected chi connectivity index (χ0v) is 13.2. The molecule has 0 radical (unpaired) electrons. The van der Waals surface area contributed by atoms with E-state index in [2.05, 4.69) is 36.5 Å². The Morgan fingerprint density at radius 3 is 2.62 bits per heavy atom. The van der Waals surface area contributed by atoms with Crippen LogP contribution in [0.1, 0.15) is 29.9 Å². The second-order valence-electron chi connectivity index (χ2n) is 5.77. The van der Waals surface area contributed by atoms with Gasteiger partial charge in [-0.1, -0.05) is 41.4 Å². The Hall–Kier alpha value is -1.67. The van der Waals surface area contributed by atoms with E-state index in [-0.39, 0.29) is 0 Å². The molecule has 0 aromatic heterocycles. The summed E-state index contributed by atoms with van der Waals surface area (Å²) < 4.78 is 5.17. The molecule has 1 aliphatic carbocycles. The highest BCUT2D eigenvalue weighted by molar-refractivity contribution is 6.32. The van der Waals surface area contributed by atoms with Crippen LogP contribution in [0.5, 0.6) is 5.75 Å². The lowest BCUT2D eigenvalue weighted by Crippen LogP contribution is -2.34. The molecule has 0 spiro atoms. The average Bonchev–Trinajstić information content (AvgIpc) is 2.42. The third-order valence-corrected chi connectivity index (χ3v) is 4.47. The minimum absolute atomic E-state index is 0.528. The summed E-state index contributed by atoms with van der Waals surface area (Å²) in [6, 6.07) is 15.2. The van der Waals surface area contributed by atoms with Crippen LogP contribution >= 0.6 is 11.6 Å². The first-order chi connectivity index (χ1) is 10.2. The second kappa shape index (κ2) is 5.98. The van der Waals surface area contributed by atoms with E-state index >= 15 is 0 Å². The number of nitrogens with one attached hydrogen (secondary N) is 1. The van der Waals surface area contributed by atoms with Crippen LogP contribution in [0.25, 0.3) is 0 Å². The molecule has 0 bridgehead atoms. The van der Waals surface area contributed by atoms with Crippen LogP contribution in [0, 0.1) is 6.92 Å². The molecule has 1 aliphatic rings. The van der Waals surface area contributed by atoms with Crippen molar-refractivity contribution in [3.63, 3.8) is 0 Å². The van der Waals surface area contributed by atoms with Crippen LogP contribution in [0.15, 0.2) is 42.5 Å². The Bertz CT molecular complexity index is 635. The first-order valence-electron chi connectivity index (χ1n) is 7.32. The molecule has 0 unspecified atom stereocenters. The topological polar surface area (TPSA) is 21.3 Å². The molecule has 0 heterocycles. The third kappa shape index (κ3) is 3.16. The monoisotopic (exact) mass is 301 g/mol. The van der Waals surface area contributed by atoms with Crippen LogP contribution in [0.3, 0.4) is 0 Å². The maximum Gasteiger partial charge on any atom is 0.137 e. The van der Waals surface area contributed by atoms with E-state index in [1.54, 1.807) is 7.11 Å². The van der Waals surface area contributed by atoms with Crippen LogP contribution < -0.4 is 10.1 Å². The SMILES string of the molecule is COc1ccc(NC2CC(c3cccc(C)c3)C2)cc1Cl. The van der Waals surface area contributed by atoms with Gasteiger partial charge < -0.3 is 10.1 Å². The number of ether oxygens (including phenoxy) is 1. The van der Waals surface area contributed by atoms with E-state index in [9.17, 15) is 0 Å². The number of rotatable bonds is 4. The fourth-order valence-corrected chi connectivity index (χ4v) is 3.18. The number of halogens is 1. The molecule has 1 N–H and O–H groups in total. The van der Waals surface area contributed by atoms with E-state index in [0.29, 0.717) is 22.7 Å². The Kier molecular flexibility index (Phi) is 4.07. The van der Waals surface area contributed by atoms with E-state index in [1.165, 1.54) is 24.0 Å². The fourth-order valence-electron chi connectivity index (χ4n) is 2.92. The average molecular weight is 302 g/mol. The van der Waals surface area contributed by atoms with E-state index < -0.39 is 0 Å². The first kappa shape index (κ1) is 14.3. The molecule has 2 nitrogen and oxygen atoms in total. The first-order valence-corrected chi connectivity index (χ1v) is 7.70. The fraction of sp³-hybridized carbons (Fsp3) is 0.333. The lowest BCUT2D eigenvalue weighted by Gasteiger charge is -2.37. The predicted molar refractivity (Wildman–Crippen MR) is 88.6 cm³/mol. The summed E-state index contributed by atoms with van der Waals surface area (Å²) in [6.45, 7) is 2.15. The van der Waals surface area contributed by atoms with Crippen LogP contribution in [-0.2, 0) is 0 Å². The number of hydrogen-bond acceptors (Lipinski definition) is 2. The molecule has 3 heteroatoms. The predicted octanol–water partition coefficient (Wildman–Crippen LogP) is 5.02. The molecule has 1 saturated carbocycles. The second-order valence-corrected chi connectivity index (χ2v) is 6.18. The van der Waals surface area contributed by atoms with Crippen LogP contribution in [-0.4, -0.2) is 13.2 Å². The highest BCUT2D eigenvalue weighted by Gasteiger charge is 2.30. The summed E-state index contributed by atoms with van der Waals surface area (Å²) in [6.07, 6.45) is 2.35. The van der Waals surface area contributed by atoms with Crippen molar-refractivity contribution >= 4 is 17.3 Å². The zero-order chi connectivity index (χ0) is 14.8. The maximum atomic E-state index is 6.15. The Labute approximate surface area is 131 Å². The van der Waals surface area contributed by atoms with Crippen LogP contribution in [0.4, 0.5) is 5.69 Å². The van der Waals surface area contributed by atoms with Crippen molar-refractivity contribution in [1.82, 2.24) is 0 Å². The van der Waals surface area contributed by atoms with Gasteiger partial charge in [0.25, 0.3) is 0 Å². The van der Waals surface area contributed by atoms with Gasteiger partial charge in [0.1, 0.15) is 5.75 Å². The van der Waals surface area contributed by atoms with Gasteiger partial charge in [0.2, 0.25) is 0 Å². The molecule has 0 aliphatic heterocycles. The molecule has 1 fully saturated rings. The summed E-state index contributed by atoms with van der Waals surface area (Å²) in [7, 11) is 1.63. The van der Waals surface area contributed by atoms with Crippen molar-refractivity contribution in [1.29, 1.82) is 0 Å². The minimum Gasteiger partial charge on any atom is -0.495 e. The Balaban J connectivity index is 1.58. The van der Waals surface area contributed by atoms with Crippen molar-refractivity contribution in [2.75, 3.05) is 12.4 Å². The standard InChI is InChI=1S/C18H20ClNO/c1-12-4-3-5-13(8-12)14-9-16(10-14)20-15-6-7-18(21-2)17(19)11-15/h3-8,11,14,16,20H,9-10H2,1-2H3. The number of benzene rings is 2. The Morgan fingerprint density at radius 2 is 1.95 bits per heavy atom. The molecule has 21 heavy (non-hydrogen) atoms. The number of hydrogen-bond donors (Lipinski definition) is 1. The molecular weight excluding hydrogens is 282 g/mol. The van der Waals surface area contributed by atoms with Gasteiger partial charge in [0.15, 0.2) is 0 Å². The van der Waals surface area contributed by atoms with Crippen molar-refractivity contribution < 1.29 is 4.74 Å². The molecule has 0 amide bonds. The number of methoxy groups -OCH3 is 1.